The lowest BCUT2D eigenvalue weighted by molar-refractivity contribution is -0.144. The largest absolute Gasteiger partial charge is 0.468 e. The van der Waals surface area contributed by atoms with Gasteiger partial charge in [-0.2, -0.15) is 0 Å². The Bertz CT molecular complexity index is 383. The smallest absolute Gasteiger partial charge is 0.316 e. The Balaban J connectivity index is 2.38. The number of esters is 1. The van der Waals surface area contributed by atoms with E-state index in [2.05, 4.69) is 6.58 Å². The van der Waals surface area contributed by atoms with Crippen molar-refractivity contribution in [2.45, 2.75) is 11.8 Å². The van der Waals surface area contributed by atoms with Gasteiger partial charge in [0.2, 0.25) is 0 Å². The molecular formula is C13H14O2. The predicted molar refractivity (Wildman–Crippen MR) is 58.4 cm³/mol. The van der Waals surface area contributed by atoms with Gasteiger partial charge >= 0.3 is 5.97 Å². The fourth-order valence-corrected chi connectivity index (χ4v) is 2.17. The minimum absolute atomic E-state index is 0.154. The van der Waals surface area contributed by atoms with Gasteiger partial charge in [0.15, 0.2) is 0 Å². The second-order valence-electron chi connectivity index (χ2n) is 3.88. The molecule has 78 valence electrons. The lowest BCUT2D eigenvalue weighted by atomic mass is 9.93. The van der Waals surface area contributed by atoms with E-state index >= 15 is 0 Å². The molecule has 1 aliphatic rings. The van der Waals surface area contributed by atoms with Gasteiger partial charge in [-0.3, -0.25) is 4.79 Å². The Morgan fingerprint density at radius 3 is 2.67 bits per heavy atom. The summed E-state index contributed by atoms with van der Waals surface area (Å²) in [5, 5.41) is 0. The molecule has 1 aromatic rings. The Morgan fingerprint density at radius 2 is 2.20 bits per heavy atom. The molecule has 1 fully saturated rings. The molecule has 2 atom stereocenters. The molecule has 15 heavy (non-hydrogen) atoms. The van der Waals surface area contributed by atoms with Gasteiger partial charge < -0.3 is 4.74 Å². The number of rotatable bonds is 3. The van der Waals surface area contributed by atoms with Crippen molar-refractivity contribution in [2.75, 3.05) is 7.11 Å². The Labute approximate surface area is 89.6 Å². The van der Waals surface area contributed by atoms with E-state index in [1.165, 1.54) is 7.11 Å². The molecule has 2 rings (SSSR count). The summed E-state index contributed by atoms with van der Waals surface area (Å²) in [5.41, 5.74) is 0.569. The van der Waals surface area contributed by atoms with Crippen molar-refractivity contribution in [1.29, 1.82) is 0 Å². The number of ether oxygens (including phenoxy) is 1. The van der Waals surface area contributed by atoms with E-state index in [1.54, 1.807) is 0 Å². The zero-order chi connectivity index (χ0) is 10.9. The molecule has 0 N–H and O–H groups in total. The fraction of sp³-hybridized carbons (Fsp3) is 0.308. The summed E-state index contributed by atoms with van der Waals surface area (Å²) in [4.78, 5) is 11.8. The molecule has 0 spiro atoms. The first-order valence-corrected chi connectivity index (χ1v) is 5.02. The molecule has 1 saturated carbocycles. The van der Waals surface area contributed by atoms with Gasteiger partial charge in [0, 0.05) is 0 Å². The van der Waals surface area contributed by atoms with Crippen LogP contribution < -0.4 is 0 Å². The molecule has 1 aromatic carbocycles. The normalized spacial score (nSPS) is 28.2. The standard InChI is InChI=1S/C13H14O2/c1-3-10-9-13(10,12(14)15-2)11-7-5-4-6-8-11/h3-8,10H,1,9H2,2H3/t10-,13-/m0/s1. The summed E-state index contributed by atoms with van der Waals surface area (Å²) in [6.45, 7) is 3.75. The number of benzene rings is 1. The number of carbonyl (C=O) groups is 1. The van der Waals surface area contributed by atoms with Crippen LogP contribution in [0.1, 0.15) is 12.0 Å². The van der Waals surface area contributed by atoms with Gasteiger partial charge in [-0.25, -0.2) is 0 Å². The average molecular weight is 202 g/mol. The summed E-state index contributed by atoms with van der Waals surface area (Å²) in [6, 6.07) is 9.78. The molecule has 0 amide bonds. The summed E-state index contributed by atoms with van der Waals surface area (Å²) in [7, 11) is 1.44. The van der Waals surface area contributed by atoms with Crippen molar-refractivity contribution in [3.63, 3.8) is 0 Å². The van der Waals surface area contributed by atoms with E-state index in [1.807, 2.05) is 36.4 Å². The highest BCUT2D eigenvalue weighted by Crippen LogP contribution is 2.55. The number of hydrogen-bond acceptors (Lipinski definition) is 2. The Kier molecular flexibility index (Phi) is 2.35. The lowest BCUT2D eigenvalue weighted by Crippen LogP contribution is -2.24. The van der Waals surface area contributed by atoms with Crippen LogP contribution in [-0.2, 0) is 14.9 Å². The van der Waals surface area contributed by atoms with Crippen LogP contribution in [0.5, 0.6) is 0 Å². The van der Waals surface area contributed by atoms with E-state index in [-0.39, 0.29) is 11.9 Å². The molecule has 0 bridgehead atoms. The van der Waals surface area contributed by atoms with Crippen LogP contribution in [0.15, 0.2) is 43.0 Å². The SMILES string of the molecule is C=C[C@H]1C[C@@]1(C(=O)OC)c1ccccc1. The Hall–Kier alpha value is -1.57. The van der Waals surface area contributed by atoms with Crippen molar-refractivity contribution in [3.8, 4) is 0 Å². The summed E-state index contributed by atoms with van der Waals surface area (Å²) >= 11 is 0. The van der Waals surface area contributed by atoms with Crippen LogP contribution in [0.3, 0.4) is 0 Å². The maximum Gasteiger partial charge on any atom is 0.316 e. The maximum absolute atomic E-state index is 11.8. The van der Waals surface area contributed by atoms with E-state index in [9.17, 15) is 4.79 Å². The fourth-order valence-electron chi connectivity index (χ4n) is 2.17. The van der Waals surface area contributed by atoms with Crippen LogP contribution in [-0.4, -0.2) is 13.1 Å². The molecule has 0 heterocycles. The summed E-state index contributed by atoms with van der Waals surface area (Å²) in [6.07, 6.45) is 2.65. The highest BCUT2D eigenvalue weighted by Gasteiger charge is 2.60. The zero-order valence-electron chi connectivity index (χ0n) is 8.77. The van der Waals surface area contributed by atoms with Crippen LogP contribution >= 0.6 is 0 Å². The first kappa shape index (κ1) is 9.97. The molecule has 0 aromatic heterocycles. The number of hydrogen-bond donors (Lipinski definition) is 0. The topological polar surface area (TPSA) is 26.3 Å². The summed E-state index contributed by atoms with van der Waals surface area (Å²) in [5.74, 6) is 0.0611. The summed E-state index contributed by atoms with van der Waals surface area (Å²) < 4.78 is 4.88. The molecule has 0 saturated heterocycles. The Morgan fingerprint density at radius 1 is 1.53 bits per heavy atom. The van der Waals surface area contributed by atoms with Crippen LogP contribution in [0, 0.1) is 5.92 Å². The second kappa shape index (κ2) is 3.54. The molecule has 0 aliphatic heterocycles. The first-order valence-electron chi connectivity index (χ1n) is 5.02. The van der Waals surface area contributed by atoms with E-state index in [0.29, 0.717) is 0 Å². The van der Waals surface area contributed by atoms with Crippen LogP contribution in [0.25, 0.3) is 0 Å². The molecular weight excluding hydrogens is 188 g/mol. The molecule has 2 heteroatoms. The van der Waals surface area contributed by atoms with Crippen molar-refractivity contribution in [1.82, 2.24) is 0 Å². The quantitative estimate of drug-likeness (QED) is 0.555. The van der Waals surface area contributed by atoms with E-state index in [0.717, 1.165) is 12.0 Å². The van der Waals surface area contributed by atoms with Gasteiger partial charge in [0.25, 0.3) is 0 Å². The lowest BCUT2D eigenvalue weighted by Gasteiger charge is -2.14. The van der Waals surface area contributed by atoms with E-state index in [4.69, 9.17) is 4.74 Å². The van der Waals surface area contributed by atoms with Crippen molar-refractivity contribution < 1.29 is 9.53 Å². The van der Waals surface area contributed by atoms with Gasteiger partial charge in [0.05, 0.1) is 12.5 Å². The first-order chi connectivity index (χ1) is 7.25. The number of carbonyl (C=O) groups excluding carboxylic acids is 1. The van der Waals surface area contributed by atoms with Gasteiger partial charge in [-0.05, 0) is 17.9 Å². The number of allylic oxidation sites excluding steroid dienone is 1. The predicted octanol–water partition coefficient (Wildman–Crippen LogP) is 2.30. The second-order valence-corrected chi connectivity index (χ2v) is 3.88. The maximum atomic E-state index is 11.8. The highest BCUT2D eigenvalue weighted by atomic mass is 16.5. The molecule has 2 nitrogen and oxygen atoms in total. The van der Waals surface area contributed by atoms with Gasteiger partial charge in [0.1, 0.15) is 0 Å². The number of methoxy groups -OCH3 is 1. The van der Waals surface area contributed by atoms with Gasteiger partial charge in [-0.1, -0.05) is 36.4 Å². The monoisotopic (exact) mass is 202 g/mol. The zero-order valence-corrected chi connectivity index (χ0v) is 8.77. The van der Waals surface area contributed by atoms with Crippen molar-refractivity contribution in [3.05, 3.63) is 48.6 Å². The van der Waals surface area contributed by atoms with Crippen LogP contribution in [0.4, 0.5) is 0 Å². The van der Waals surface area contributed by atoms with Crippen molar-refractivity contribution in [2.24, 2.45) is 5.92 Å². The third kappa shape index (κ3) is 1.37. The minimum atomic E-state index is -0.461. The third-order valence-corrected chi connectivity index (χ3v) is 3.14. The van der Waals surface area contributed by atoms with Crippen molar-refractivity contribution >= 4 is 5.97 Å². The van der Waals surface area contributed by atoms with Gasteiger partial charge in [-0.15, -0.1) is 6.58 Å². The molecule has 0 radical (unpaired) electrons. The minimum Gasteiger partial charge on any atom is -0.468 e. The third-order valence-electron chi connectivity index (χ3n) is 3.14. The van der Waals surface area contributed by atoms with E-state index < -0.39 is 5.41 Å². The average Bonchev–Trinajstić information content (AvgIpc) is 3.05. The van der Waals surface area contributed by atoms with Crippen LogP contribution in [0.2, 0.25) is 0 Å². The molecule has 0 unspecified atom stereocenters. The highest BCUT2D eigenvalue weighted by molar-refractivity contribution is 5.88. The molecule has 1 aliphatic carbocycles.